The zero-order valence-corrected chi connectivity index (χ0v) is 21.2. The summed E-state index contributed by atoms with van der Waals surface area (Å²) < 4.78 is 34.0. The SMILES string of the molecule is [Cu+2].[N-]=C=S.[O-][Cl+3]([O-])([O-])[O-].c1cnc2c(c1)ccc1cccnc12.c1cnc2c(c1)ccc1cccnc12. The van der Waals surface area contributed by atoms with Gasteiger partial charge in [0.25, 0.3) is 0 Å². The maximum Gasteiger partial charge on any atom is 2.00 e. The van der Waals surface area contributed by atoms with Gasteiger partial charge in [-0.3, -0.25) is 19.9 Å². The molecular weight excluding hydrogens is 565 g/mol. The maximum atomic E-state index is 8.49. The molecule has 0 N–H and O–H groups in total. The molecule has 0 aliphatic heterocycles. The van der Waals surface area contributed by atoms with E-state index in [4.69, 9.17) is 24.0 Å². The Hall–Kier alpha value is -3.47. The average molecular weight is 582 g/mol. The molecule has 189 valence electrons. The molecule has 1 radical (unpaired) electrons. The quantitative estimate of drug-likeness (QED) is 0.112. The van der Waals surface area contributed by atoms with Gasteiger partial charge in [-0.05, 0) is 24.3 Å². The van der Waals surface area contributed by atoms with Crippen molar-refractivity contribution < 1.29 is 45.9 Å². The van der Waals surface area contributed by atoms with Crippen molar-refractivity contribution in [2.24, 2.45) is 0 Å². The van der Waals surface area contributed by atoms with Gasteiger partial charge in [-0.25, -0.2) is 18.6 Å². The second kappa shape index (κ2) is 14.3. The van der Waals surface area contributed by atoms with Gasteiger partial charge in [0, 0.05) is 46.3 Å². The number of aromatic nitrogens is 4. The number of benzene rings is 2. The third-order valence-electron chi connectivity index (χ3n) is 4.69. The minimum atomic E-state index is -4.94. The molecule has 37 heavy (non-hydrogen) atoms. The molecule has 0 saturated heterocycles. The van der Waals surface area contributed by atoms with Crippen molar-refractivity contribution in [1.82, 2.24) is 19.9 Å². The first kappa shape index (κ1) is 29.8. The number of nitrogens with zero attached hydrogens (tertiary/aromatic N) is 5. The zero-order valence-electron chi connectivity index (χ0n) is 18.7. The normalized spacial score (nSPS) is 10.1. The summed E-state index contributed by atoms with van der Waals surface area (Å²) in [4.78, 5) is 17.4. The maximum absolute atomic E-state index is 8.49. The van der Waals surface area contributed by atoms with Crippen molar-refractivity contribution in [1.29, 1.82) is 0 Å². The molecule has 2 aromatic carbocycles. The molecule has 0 saturated carbocycles. The molecule has 0 amide bonds. The fourth-order valence-electron chi connectivity index (χ4n) is 3.36. The van der Waals surface area contributed by atoms with E-state index in [0.717, 1.165) is 43.6 Å². The van der Waals surface area contributed by atoms with Crippen LogP contribution in [0.25, 0.3) is 49.0 Å². The monoisotopic (exact) mass is 580 g/mol. The van der Waals surface area contributed by atoms with E-state index in [9.17, 15) is 0 Å². The summed E-state index contributed by atoms with van der Waals surface area (Å²) >= 11 is 3.70. The topological polar surface area (TPSA) is 166 Å². The molecule has 0 aliphatic carbocycles. The number of halogens is 1. The fourth-order valence-corrected chi connectivity index (χ4v) is 3.36. The van der Waals surface area contributed by atoms with Gasteiger partial charge in [0.2, 0.25) is 0 Å². The summed E-state index contributed by atoms with van der Waals surface area (Å²) in [5.41, 5.74) is 3.91. The van der Waals surface area contributed by atoms with E-state index in [-0.39, 0.29) is 17.1 Å². The molecular formula is C25H16ClCuN5O4S. The number of thiocarbonyl (C=S) groups is 1. The molecule has 6 aromatic rings. The largest absolute Gasteiger partial charge is 2.00 e. The number of pyridine rings is 4. The van der Waals surface area contributed by atoms with E-state index in [1.54, 1.807) is 24.8 Å². The predicted octanol–water partition coefficient (Wildman–Crippen LogP) is 1.47. The van der Waals surface area contributed by atoms with Crippen LogP contribution in [0.1, 0.15) is 0 Å². The van der Waals surface area contributed by atoms with Crippen molar-refractivity contribution in [2.75, 3.05) is 0 Å². The molecule has 0 spiro atoms. The summed E-state index contributed by atoms with van der Waals surface area (Å²) in [6.07, 6.45) is 7.21. The van der Waals surface area contributed by atoms with Crippen LogP contribution in [-0.4, -0.2) is 25.1 Å². The Morgan fingerprint density at radius 3 is 0.919 bits per heavy atom. The molecule has 4 heterocycles. The Morgan fingerprint density at radius 1 is 0.541 bits per heavy atom. The molecule has 12 heteroatoms. The van der Waals surface area contributed by atoms with Gasteiger partial charge in [-0.2, -0.15) is 5.16 Å². The van der Waals surface area contributed by atoms with Crippen molar-refractivity contribution in [3.05, 3.63) is 103 Å². The van der Waals surface area contributed by atoms with Crippen molar-refractivity contribution in [3.8, 4) is 0 Å². The summed E-state index contributed by atoms with van der Waals surface area (Å²) in [5, 5.41) is 13.0. The van der Waals surface area contributed by atoms with E-state index in [1.165, 1.54) is 5.16 Å². The fraction of sp³-hybridized carbons (Fsp3) is 0. The Kier molecular flexibility index (Phi) is 11.5. The third kappa shape index (κ3) is 8.85. The van der Waals surface area contributed by atoms with E-state index in [1.807, 2.05) is 24.3 Å². The van der Waals surface area contributed by atoms with Gasteiger partial charge in [-0.1, -0.05) is 60.7 Å². The second-order valence-corrected chi connectivity index (χ2v) is 7.84. The Labute approximate surface area is 229 Å². The van der Waals surface area contributed by atoms with Crippen LogP contribution < -0.4 is 18.6 Å². The van der Waals surface area contributed by atoms with Gasteiger partial charge in [0.05, 0.1) is 22.1 Å². The van der Waals surface area contributed by atoms with Gasteiger partial charge < -0.3 is 5.41 Å². The van der Waals surface area contributed by atoms with Gasteiger partial charge >= 0.3 is 17.1 Å². The third-order valence-corrected chi connectivity index (χ3v) is 4.69. The Bertz CT molecular complexity index is 1420. The summed E-state index contributed by atoms with van der Waals surface area (Å²) in [6, 6.07) is 24.3. The number of hydrogen-bond donors (Lipinski definition) is 0. The minimum absolute atomic E-state index is 0. The predicted molar refractivity (Wildman–Crippen MR) is 130 cm³/mol. The van der Waals surface area contributed by atoms with E-state index in [0.29, 0.717) is 0 Å². The van der Waals surface area contributed by atoms with Crippen LogP contribution in [0.2, 0.25) is 0 Å². The average Bonchev–Trinajstić information content (AvgIpc) is 2.88. The minimum Gasteiger partial charge on any atom is -0.753 e. The summed E-state index contributed by atoms with van der Waals surface area (Å²) in [7, 11) is -4.94. The Balaban J connectivity index is 0.000000200. The van der Waals surface area contributed by atoms with Gasteiger partial charge in [0.15, 0.2) is 0 Å². The second-order valence-electron chi connectivity index (χ2n) is 6.90. The Morgan fingerprint density at radius 2 is 0.730 bits per heavy atom. The summed E-state index contributed by atoms with van der Waals surface area (Å²) in [5.74, 6) is 0. The molecule has 9 nitrogen and oxygen atoms in total. The zero-order chi connectivity index (χ0) is 26.0. The number of fused-ring (bicyclic) bond motifs is 6. The molecule has 0 aliphatic rings. The van der Waals surface area contributed by atoms with Crippen LogP contribution in [-0.2, 0) is 17.1 Å². The molecule has 4 aromatic heterocycles. The van der Waals surface area contributed by atoms with Crippen LogP contribution in [0.15, 0.2) is 97.6 Å². The standard InChI is InChI=1S/2C12H8N2.CNS.ClHO4.Cu/c2*1-3-9-5-6-10-4-2-8-14-12(10)11(9)13-7-1;2-1-3;2-1(3,4)5;/h2*1-8H;;(H,2,3,4,5);/q;;-1;;+2/p-1. The molecule has 0 unspecified atom stereocenters. The van der Waals surface area contributed by atoms with Crippen LogP contribution >= 0.6 is 12.2 Å². The number of rotatable bonds is 0. The van der Waals surface area contributed by atoms with E-state index in [2.05, 4.69) is 80.7 Å². The number of hydrogen-bond acceptors (Lipinski definition) is 9. The van der Waals surface area contributed by atoms with Crippen LogP contribution in [0.4, 0.5) is 0 Å². The first-order valence-electron chi connectivity index (χ1n) is 10.1. The van der Waals surface area contributed by atoms with Crippen LogP contribution in [0, 0.1) is 10.2 Å². The first-order chi connectivity index (χ1) is 17.3. The van der Waals surface area contributed by atoms with Crippen molar-refractivity contribution in [3.63, 3.8) is 0 Å². The van der Waals surface area contributed by atoms with Crippen LogP contribution in [0.5, 0.6) is 0 Å². The van der Waals surface area contributed by atoms with Gasteiger partial charge in [-0.15, -0.1) is 10.2 Å². The first-order valence-corrected chi connectivity index (χ1v) is 11.8. The smallest absolute Gasteiger partial charge is 0.753 e. The molecule has 0 atom stereocenters. The molecule has 0 fully saturated rings. The van der Waals surface area contributed by atoms with Crippen molar-refractivity contribution >= 4 is 61.0 Å². The van der Waals surface area contributed by atoms with Crippen LogP contribution in [0.3, 0.4) is 0 Å². The van der Waals surface area contributed by atoms with E-state index < -0.39 is 10.2 Å². The summed E-state index contributed by atoms with van der Waals surface area (Å²) in [6.45, 7) is 0. The van der Waals surface area contributed by atoms with Gasteiger partial charge in [0.1, 0.15) is 0 Å². The molecule has 0 bridgehead atoms. The van der Waals surface area contributed by atoms with E-state index >= 15 is 0 Å². The van der Waals surface area contributed by atoms with Crippen molar-refractivity contribution in [2.45, 2.75) is 0 Å². The molecule has 6 rings (SSSR count). The number of isothiocyanates is 1.